The van der Waals surface area contributed by atoms with E-state index in [9.17, 15) is 9.59 Å². The van der Waals surface area contributed by atoms with E-state index in [4.69, 9.17) is 23.2 Å². The topological polar surface area (TPSA) is 74.3 Å². The molecule has 138 valence electrons. The smallest absolute Gasteiger partial charge is 0.270 e. The number of nitrogens with zero attached hydrogens (tertiary/aromatic N) is 2. The van der Waals surface area contributed by atoms with E-state index in [0.29, 0.717) is 39.5 Å². The fraction of sp³-hybridized carbons (Fsp3) is 0.353. The first-order valence-corrected chi connectivity index (χ1v) is 9.90. The molecule has 0 bridgehead atoms. The van der Waals surface area contributed by atoms with Crippen molar-refractivity contribution in [2.24, 2.45) is 0 Å². The maximum Gasteiger partial charge on any atom is 0.270 e. The third kappa shape index (κ3) is 4.66. The van der Waals surface area contributed by atoms with Gasteiger partial charge < -0.3 is 15.5 Å². The zero-order valence-corrected chi connectivity index (χ0v) is 16.3. The minimum Gasteiger partial charge on any atom is -0.350 e. The van der Waals surface area contributed by atoms with E-state index in [2.05, 4.69) is 15.6 Å². The van der Waals surface area contributed by atoms with Gasteiger partial charge in [0.1, 0.15) is 5.69 Å². The van der Waals surface area contributed by atoms with E-state index in [1.807, 2.05) is 4.90 Å². The lowest BCUT2D eigenvalue weighted by Crippen LogP contribution is -2.32. The first-order chi connectivity index (χ1) is 12.5. The number of rotatable bonds is 6. The van der Waals surface area contributed by atoms with E-state index in [-0.39, 0.29) is 11.8 Å². The summed E-state index contributed by atoms with van der Waals surface area (Å²) in [6.45, 7) is 1.94. The minimum absolute atomic E-state index is 0.0824. The molecule has 1 fully saturated rings. The summed E-state index contributed by atoms with van der Waals surface area (Å²) >= 11 is 13.4. The molecule has 0 radical (unpaired) electrons. The van der Waals surface area contributed by atoms with Gasteiger partial charge in [0.05, 0.1) is 15.7 Å². The van der Waals surface area contributed by atoms with E-state index in [1.165, 1.54) is 11.3 Å². The van der Waals surface area contributed by atoms with Crippen LogP contribution in [0.5, 0.6) is 0 Å². The van der Waals surface area contributed by atoms with Gasteiger partial charge in [0.15, 0.2) is 5.13 Å². The normalized spacial score (nSPS) is 13.7. The lowest BCUT2D eigenvalue weighted by atomic mass is 10.3. The third-order valence-corrected chi connectivity index (χ3v) is 5.59. The van der Waals surface area contributed by atoms with Crippen LogP contribution in [0.25, 0.3) is 0 Å². The molecule has 1 aliphatic rings. The monoisotopic (exact) mass is 412 g/mol. The number of nitrogens with one attached hydrogen (secondary N) is 2. The number of carbonyl (C=O) groups is 2. The number of carbonyl (C=O) groups excluding carboxylic acids is 2. The highest BCUT2D eigenvalue weighted by molar-refractivity contribution is 7.14. The van der Waals surface area contributed by atoms with Gasteiger partial charge in [0, 0.05) is 31.4 Å². The highest BCUT2D eigenvalue weighted by atomic mass is 35.5. The summed E-state index contributed by atoms with van der Waals surface area (Å²) in [4.78, 5) is 30.2. The molecule has 0 atom stereocenters. The second-order valence-electron chi connectivity index (χ2n) is 5.86. The second kappa shape index (κ2) is 8.70. The van der Waals surface area contributed by atoms with E-state index >= 15 is 0 Å². The van der Waals surface area contributed by atoms with E-state index in [1.54, 1.807) is 23.6 Å². The molecule has 0 spiro atoms. The van der Waals surface area contributed by atoms with Gasteiger partial charge in [-0.3, -0.25) is 9.59 Å². The van der Waals surface area contributed by atoms with Gasteiger partial charge in [-0.2, -0.15) is 0 Å². The Labute approximate surface area is 165 Å². The molecular formula is C17H18Cl2N4O2S. The van der Waals surface area contributed by atoms with Crippen molar-refractivity contribution < 1.29 is 9.59 Å². The lowest BCUT2D eigenvalue weighted by Gasteiger charge is -2.14. The quantitative estimate of drug-likeness (QED) is 0.753. The molecule has 0 aliphatic carbocycles. The van der Waals surface area contributed by atoms with Crippen molar-refractivity contribution in [2.45, 2.75) is 19.3 Å². The van der Waals surface area contributed by atoms with Crippen LogP contribution in [0.1, 0.15) is 29.8 Å². The average molecular weight is 413 g/mol. The van der Waals surface area contributed by atoms with Crippen molar-refractivity contribution in [1.29, 1.82) is 0 Å². The largest absolute Gasteiger partial charge is 0.350 e. The van der Waals surface area contributed by atoms with Crippen LogP contribution in [0.3, 0.4) is 0 Å². The Bertz CT molecular complexity index is 806. The number of thiazole rings is 1. The van der Waals surface area contributed by atoms with E-state index in [0.717, 1.165) is 25.9 Å². The minimum atomic E-state index is -0.305. The van der Waals surface area contributed by atoms with Gasteiger partial charge in [-0.15, -0.1) is 11.3 Å². The summed E-state index contributed by atoms with van der Waals surface area (Å²) in [6.07, 6.45) is 2.42. The molecule has 2 N–H and O–H groups in total. The Morgan fingerprint density at radius 2 is 2.00 bits per heavy atom. The number of hydrogen-bond acceptors (Lipinski definition) is 5. The molecule has 26 heavy (non-hydrogen) atoms. The molecule has 3 rings (SSSR count). The fourth-order valence-electron chi connectivity index (χ4n) is 2.65. The van der Waals surface area contributed by atoms with Crippen LogP contribution in [0.4, 0.5) is 10.8 Å². The van der Waals surface area contributed by atoms with Crippen LogP contribution in [0.15, 0.2) is 23.6 Å². The molecule has 9 heteroatoms. The van der Waals surface area contributed by atoms with Crippen LogP contribution in [-0.4, -0.2) is 41.3 Å². The molecule has 1 saturated heterocycles. The summed E-state index contributed by atoms with van der Waals surface area (Å²) in [5.41, 5.74) is 0.918. The van der Waals surface area contributed by atoms with Gasteiger partial charge >= 0.3 is 0 Å². The van der Waals surface area contributed by atoms with Crippen LogP contribution >= 0.6 is 34.5 Å². The van der Waals surface area contributed by atoms with Crippen molar-refractivity contribution >= 4 is 57.2 Å². The number of amides is 2. The Hall–Kier alpha value is -1.83. The highest BCUT2D eigenvalue weighted by Gasteiger charge is 2.18. The molecule has 0 saturated carbocycles. The number of benzene rings is 1. The second-order valence-corrected chi connectivity index (χ2v) is 7.50. The third-order valence-electron chi connectivity index (χ3n) is 4.01. The fourth-order valence-corrected chi connectivity index (χ4v) is 3.70. The Kier molecular flexibility index (Phi) is 6.34. The molecule has 6 nitrogen and oxygen atoms in total. The molecule has 1 aromatic carbocycles. The SMILES string of the molecule is O=C(NCCC(=O)N1CCCC1)c1csc(Nc2cccc(Cl)c2Cl)n1. The summed E-state index contributed by atoms with van der Waals surface area (Å²) in [6, 6.07) is 5.24. The van der Waals surface area contributed by atoms with Crippen LogP contribution in [-0.2, 0) is 4.79 Å². The molecule has 2 amide bonds. The van der Waals surface area contributed by atoms with Gasteiger partial charge in [0.25, 0.3) is 5.91 Å². The van der Waals surface area contributed by atoms with Gasteiger partial charge in [0.2, 0.25) is 5.91 Å². The predicted octanol–water partition coefficient (Wildman–Crippen LogP) is 3.94. The van der Waals surface area contributed by atoms with Crippen LogP contribution < -0.4 is 10.6 Å². The predicted molar refractivity (Wildman–Crippen MR) is 105 cm³/mol. The number of halogens is 2. The van der Waals surface area contributed by atoms with Crippen molar-refractivity contribution in [3.05, 3.63) is 39.3 Å². The molecule has 1 aliphatic heterocycles. The van der Waals surface area contributed by atoms with Crippen molar-refractivity contribution in [1.82, 2.24) is 15.2 Å². The number of hydrogen-bond donors (Lipinski definition) is 2. The maximum atomic E-state index is 12.2. The summed E-state index contributed by atoms with van der Waals surface area (Å²) in [5, 5.41) is 8.81. The summed E-state index contributed by atoms with van der Waals surface area (Å²) < 4.78 is 0. The zero-order chi connectivity index (χ0) is 18.5. The van der Waals surface area contributed by atoms with Crippen LogP contribution in [0.2, 0.25) is 10.0 Å². The van der Waals surface area contributed by atoms with Crippen molar-refractivity contribution in [3.8, 4) is 0 Å². The molecule has 0 unspecified atom stereocenters. The Balaban J connectivity index is 1.51. The zero-order valence-electron chi connectivity index (χ0n) is 13.9. The van der Waals surface area contributed by atoms with Gasteiger partial charge in [-0.05, 0) is 25.0 Å². The Morgan fingerprint density at radius 1 is 1.23 bits per heavy atom. The van der Waals surface area contributed by atoms with Crippen molar-refractivity contribution in [3.63, 3.8) is 0 Å². The molecule has 2 heterocycles. The van der Waals surface area contributed by atoms with Crippen molar-refractivity contribution in [2.75, 3.05) is 25.0 Å². The highest BCUT2D eigenvalue weighted by Crippen LogP contribution is 2.32. The standard InChI is InChI=1S/C17H18Cl2N4O2S/c18-11-4-3-5-12(15(11)19)21-17-22-13(10-26-17)16(25)20-7-6-14(24)23-8-1-2-9-23/h3-5,10H,1-2,6-9H2,(H,20,25)(H,21,22). The molecule has 2 aromatic rings. The van der Waals surface area contributed by atoms with Crippen LogP contribution in [0, 0.1) is 0 Å². The Morgan fingerprint density at radius 3 is 2.77 bits per heavy atom. The molecule has 1 aromatic heterocycles. The number of aromatic nitrogens is 1. The summed E-state index contributed by atoms with van der Waals surface area (Å²) in [7, 11) is 0. The lowest BCUT2D eigenvalue weighted by molar-refractivity contribution is -0.129. The van der Waals surface area contributed by atoms with Gasteiger partial charge in [-0.25, -0.2) is 4.98 Å². The number of likely N-dealkylation sites (tertiary alicyclic amines) is 1. The van der Waals surface area contributed by atoms with E-state index < -0.39 is 0 Å². The first-order valence-electron chi connectivity index (χ1n) is 8.27. The number of anilines is 2. The molecular weight excluding hydrogens is 395 g/mol. The summed E-state index contributed by atoms with van der Waals surface area (Å²) in [5.74, 6) is -0.222. The first kappa shape index (κ1) is 18.9. The maximum absolute atomic E-state index is 12.2. The average Bonchev–Trinajstić information content (AvgIpc) is 3.31. The van der Waals surface area contributed by atoms with Gasteiger partial charge in [-0.1, -0.05) is 29.3 Å².